The van der Waals surface area contributed by atoms with Gasteiger partial charge in [0.1, 0.15) is 5.75 Å². The minimum Gasteiger partial charge on any atom is -0.406 e. The van der Waals surface area contributed by atoms with Crippen LogP contribution in [0.5, 0.6) is 5.75 Å². The number of halogens is 6. The van der Waals surface area contributed by atoms with E-state index >= 15 is 0 Å². The molecule has 2 aromatic heterocycles. The van der Waals surface area contributed by atoms with Crippen LogP contribution in [0.25, 0.3) is 16.9 Å². The number of aromatic nitrogens is 4. The summed E-state index contributed by atoms with van der Waals surface area (Å²) in [6.45, 7) is 1.54. The lowest BCUT2D eigenvalue weighted by Gasteiger charge is -2.12. The Bertz CT molecular complexity index is 935. The molecule has 0 saturated carbocycles. The molecule has 3 rings (SSSR count). The summed E-state index contributed by atoms with van der Waals surface area (Å²) in [6, 6.07) is 3.61. The Hall–Kier alpha value is -2.49. The second-order valence-corrected chi connectivity index (χ2v) is 5.52. The number of rotatable bonds is 3. The second kappa shape index (κ2) is 5.80. The highest BCUT2D eigenvalue weighted by Crippen LogP contribution is 2.32. The van der Waals surface area contributed by atoms with Crippen molar-refractivity contribution >= 4 is 17.2 Å². The molecule has 0 saturated heterocycles. The van der Waals surface area contributed by atoms with Gasteiger partial charge < -0.3 is 4.74 Å². The third-order valence-corrected chi connectivity index (χ3v) is 3.42. The Morgan fingerprint density at radius 3 is 2.44 bits per heavy atom. The Balaban J connectivity index is 2.04. The molecule has 3 aromatic rings. The highest BCUT2D eigenvalue weighted by Gasteiger charge is 2.34. The first kappa shape index (κ1) is 17.3. The van der Waals surface area contributed by atoms with E-state index in [0.717, 1.165) is 16.5 Å². The first-order valence-corrected chi connectivity index (χ1v) is 7.07. The van der Waals surface area contributed by atoms with Crippen molar-refractivity contribution in [1.82, 2.24) is 19.6 Å². The van der Waals surface area contributed by atoms with E-state index in [4.69, 9.17) is 11.6 Å². The average Bonchev–Trinajstić information content (AvgIpc) is 2.88. The van der Waals surface area contributed by atoms with E-state index in [1.807, 2.05) is 0 Å². The first-order valence-electron chi connectivity index (χ1n) is 6.69. The van der Waals surface area contributed by atoms with E-state index in [9.17, 15) is 22.0 Å². The van der Waals surface area contributed by atoms with Crippen LogP contribution in [-0.4, -0.2) is 25.9 Å². The third kappa shape index (κ3) is 3.63. The van der Waals surface area contributed by atoms with Crippen molar-refractivity contribution in [3.63, 3.8) is 0 Å². The quantitative estimate of drug-likeness (QED) is 0.504. The number of hydrogen-bond donors (Lipinski definition) is 0. The second-order valence-electron chi connectivity index (χ2n) is 5.05. The average molecular weight is 379 g/mol. The summed E-state index contributed by atoms with van der Waals surface area (Å²) in [5.41, 5.74) is 1.11. The molecule has 11 heteroatoms. The van der Waals surface area contributed by atoms with Crippen LogP contribution in [0, 0.1) is 6.92 Å². The van der Waals surface area contributed by atoms with Crippen molar-refractivity contribution in [2.45, 2.75) is 18.7 Å². The summed E-state index contributed by atoms with van der Waals surface area (Å²) in [6.07, 6.45) is -2.38. The van der Waals surface area contributed by atoms with Gasteiger partial charge in [0, 0.05) is 11.8 Å². The molecule has 0 amide bonds. The molecule has 0 aliphatic rings. The SMILES string of the molecule is Cc1cc(OC(F)(F)F)ccc1-c1cn2c(C(F)(F)Cl)nnc2cn1. The largest absolute Gasteiger partial charge is 0.573 e. The Labute approximate surface area is 142 Å². The zero-order valence-electron chi connectivity index (χ0n) is 12.4. The minimum atomic E-state index is -4.81. The summed E-state index contributed by atoms with van der Waals surface area (Å²) < 4.78 is 68.2. The molecule has 0 aliphatic heterocycles. The van der Waals surface area contributed by atoms with Crippen molar-refractivity contribution < 1.29 is 26.7 Å². The van der Waals surface area contributed by atoms with Gasteiger partial charge in [-0.2, -0.15) is 8.78 Å². The summed E-state index contributed by atoms with van der Waals surface area (Å²) in [5.74, 6) is -1.19. The van der Waals surface area contributed by atoms with Crippen molar-refractivity contribution in [3.05, 3.63) is 42.0 Å². The van der Waals surface area contributed by atoms with Gasteiger partial charge in [-0.1, -0.05) is 0 Å². The molecule has 0 fully saturated rings. The fourth-order valence-corrected chi connectivity index (χ4v) is 2.38. The topological polar surface area (TPSA) is 52.3 Å². The molecule has 0 unspecified atom stereocenters. The van der Waals surface area contributed by atoms with Gasteiger partial charge in [0.2, 0.25) is 5.82 Å². The number of benzene rings is 1. The molecule has 2 heterocycles. The highest BCUT2D eigenvalue weighted by molar-refractivity contribution is 6.21. The maximum Gasteiger partial charge on any atom is 0.573 e. The van der Waals surface area contributed by atoms with Crippen LogP contribution in [0.2, 0.25) is 0 Å². The lowest BCUT2D eigenvalue weighted by atomic mass is 10.1. The number of fused-ring (bicyclic) bond motifs is 1. The lowest BCUT2D eigenvalue weighted by Crippen LogP contribution is -2.17. The first-order chi connectivity index (χ1) is 11.5. The van der Waals surface area contributed by atoms with Crippen LogP contribution < -0.4 is 4.74 Å². The number of nitrogens with zero attached hydrogens (tertiary/aromatic N) is 4. The molecule has 0 atom stereocenters. The van der Waals surface area contributed by atoms with E-state index < -0.39 is 23.3 Å². The van der Waals surface area contributed by atoms with Crippen molar-refractivity contribution in [2.24, 2.45) is 0 Å². The fraction of sp³-hybridized carbons (Fsp3) is 0.214. The lowest BCUT2D eigenvalue weighted by molar-refractivity contribution is -0.274. The number of ether oxygens (including phenoxy) is 1. The zero-order chi connectivity index (χ0) is 18.4. The van der Waals surface area contributed by atoms with E-state index in [-0.39, 0.29) is 11.3 Å². The molecule has 0 spiro atoms. The maximum atomic E-state index is 13.3. The van der Waals surface area contributed by atoms with Crippen molar-refractivity contribution in [2.75, 3.05) is 0 Å². The molecule has 0 N–H and O–H groups in total. The van der Waals surface area contributed by atoms with Crippen LogP contribution in [0.3, 0.4) is 0 Å². The van der Waals surface area contributed by atoms with E-state index in [1.54, 1.807) is 0 Å². The van der Waals surface area contributed by atoms with E-state index in [0.29, 0.717) is 11.1 Å². The van der Waals surface area contributed by atoms with Gasteiger partial charge >= 0.3 is 11.7 Å². The van der Waals surface area contributed by atoms with Crippen molar-refractivity contribution in [3.8, 4) is 17.0 Å². The Kier molecular flexibility index (Phi) is 4.02. The molecule has 132 valence electrons. The van der Waals surface area contributed by atoms with Gasteiger partial charge in [-0.05, 0) is 42.3 Å². The van der Waals surface area contributed by atoms with Gasteiger partial charge in [-0.3, -0.25) is 9.38 Å². The van der Waals surface area contributed by atoms with E-state index in [1.165, 1.54) is 25.4 Å². The molecular formula is C14H8ClF5N4O. The molecule has 0 bridgehead atoms. The fourth-order valence-electron chi connectivity index (χ4n) is 2.25. The van der Waals surface area contributed by atoms with Crippen LogP contribution >= 0.6 is 11.6 Å². The molecule has 25 heavy (non-hydrogen) atoms. The molecule has 0 radical (unpaired) electrons. The van der Waals surface area contributed by atoms with Gasteiger partial charge in [0.05, 0.1) is 11.9 Å². The Morgan fingerprint density at radius 1 is 1.12 bits per heavy atom. The van der Waals surface area contributed by atoms with Crippen LogP contribution in [0.4, 0.5) is 22.0 Å². The number of alkyl halides is 6. The highest BCUT2D eigenvalue weighted by atomic mass is 35.5. The van der Waals surface area contributed by atoms with Gasteiger partial charge in [-0.25, -0.2) is 0 Å². The Morgan fingerprint density at radius 2 is 1.84 bits per heavy atom. The van der Waals surface area contributed by atoms with Crippen LogP contribution in [-0.2, 0) is 5.38 Å². The third-order valence-electron chi connectivity index (χ3n) is 3.25. The minimum absolute atomic E-state index is 0.0498. The normalized spacial score (nSPS) is 12.6. The smallest absolute Gasteiger partial charge is 0.406 e. The summed E-state index contributed by atoms with van der Waals surface area (Å²) in [7, 11) is 0. The van der Waals surface area contributed by atoms with Crippen LogP contribution in [0.15, 0.2) is 30.6 Å². The van der Waals surface area contributed by atoms with Gasteiger partial charge in [-0.15, -0.1) is 23.4 Å². The monoisotopic (exact) mass is 378 g/mol. The predicted molar refractivity (Wildman–Crippen MR) is 77.4 cm³/mol. The molecule has 0 aliphatic carbocycles. The molecule has 5 nitrogen and oxygen atoms in total. The van der Waals surface area contributed by atoms with Gasteiger partial charge in [0.25, 0.3) is 0 Å². The number of aryl methyl sites for hydroxylation is 1. The summed E-state index contributed by atoms with van der Waals surface area (Å²) in [4.78, 5) is 4.06. The van der Waals surface area contributed by atoms with E-state index in [2.05, 4.69) is 19.9 Å². The predicted octanol–water partition coefficient (Wildman–Crippen LogP) is 4.29. The summed E-state index contributed by atoms with van der Waals surface area (Å²) >= 11 is 4.99. The zero-order valence-corrected chi connectivity index (χ0v) is 13.1. The maximum absolute atomic E-state index is 13.3. The van der Waals surface area contributed by atoms with Crippen LogP contribution in [0.1, 0.15) is 11.4 Å². The molecular weight excluding hydrogens is 371 g/mol. The number of hydrogen-bond acceptors (Lipinski definition) is 4. The van der Waals surface area contributed by atoms with Gasteiger partial charge in [0.15, 0.2) is 5.65 Å². The molecule has 1 aromatic carbocycles. The van der Waals surface area contributed by atoms with Crippen molar-refractivity contribution in [1.29, 1.82) is 0 Å². The summed E-state index contributed by atoms with van der Waals surface area (Å²) in [5, 5.41) is 3.12. The standard InChI is InChI=1S/C14H8ClF5N4O/c1-7-4-8(25-14(18,19)20)2-3-9(7)10-6-24-11(5-21-10)22-23-12(24)13(15,16)17/h2-6H,1H3.